The van der Waals surface area contributed by atoms with Crippen LogP contribution in [0.1, 0.15) is 12.8 Å². The average Bonchev–Trinajstić information content (AvgIpc) is 2.18. The van der Waals surface area contributed by atoms with E-state index in [1.54, 1.807) is 7.05 Å². The van der Waals surface area contributed by atoms with Crippen LogP contribution in [0.15, 0.2) is 0 Å². The molecule has 4 heteroatoms. The van der Waals surface area contributed by atoms with E-state index in [9.17, 15) is 4.79 Å². The summed E-state index contributed by atoms with van der Waals surface area (Å²) < 4.78 is 0. The molecule has 0 aromatic rings. The average molecular weight is 186 g/mol. The molecule has 1 saturated heterocycles. The Morgan fingerprint density at radius 2 is 2.46 bits per heavy atom. The molecule has 0 radical (unpaired) electrons. The Labute approximate surface area is 78.9 Å². The lowest BCUT2D eigenvalue weighted by atomic mass is 9.99. The van der Waals surface area contributed by atoms with Crippen molar-refractivity contribution in [1.29, 1.82) is 0 Å². The molecule has 0 bridgehead atoms. The second-order valence-corrected chi connectivity index (χ2v) is 3.56. The van der Waals surface area contributed by atoms with Gasteiger partial charge in [0.1, 0.15) is 0 Å². The highest BCUT2D eigenvalue weighted by Crippen LogP contribution is 2.15. The lowest BCUT2D eigenvalue weighted by molar-refractivity contribution is -0.132. The molecule has 2 N–H and O–H groups in total. The van der Waals surface area contributed by atoms with Crippen LogP contribution in [0.25, 0.3) is 0 Å². The molecule has 1 rings (SSSR count). The van der Waals surface area contributed by atoms with Crippen LogP contribution in [0.5, 0.6) is 0 Å². The van der Waals surface area contributed by atoms with E-state index in [0.29, 0.717) is 6.54 Å². The number of nitrogens with zero attached hydrogens (tertiary/aromatic N) is 1. The van der Waals surface area contributed by atoms with E-state index in [0.717, 1.165) is 25.9 Å². The molecule has 0 aromatic heterocycles. The fourth-order valence-corrected chi connectivity index (χ4v) is 1.70. The number of likely N-dealkylation sites (tertiary alicyclic amines) is 1. The molecule has 76 valence electrons. The Morgan fingerprint density at radius 1 is 1.69 bits per heavy atom. The van der Waals surface area contributed by atoms with Crippen LogP contribution in [0.4, 0.5) is 0 Å². The Hall–Kier alpha value is -0.610. The van der Waals surface area contributed by atoms with Crippen molar-refractivity contribution in [2.45, 2.75) is 12.8 Å². The van der Waals surface area contributed by atoms with Gasteiger partial charge in [-0.15, -0.1) is 0 Å². The molecule has 1 aliphatic heterocycles. The van der Waals surface area contributed by atoms with Gasteiger partial charge in [-0.1, -0.05) is 0 Å². The van der Waals surface area contributed by atoms with Gasteiger partial charge < -0.3 is 15.3 Å². The van der Waals surface area contributed by atoms with Crippen LogP contribution >= 0.6 is 0 Å². The van der Waals surface area contributed by atoms with Gasteiger partial charge >= 0.3 is 0 Å². The van der Waals surface area contributed by atoms with E-state index in [1.165, 1.54) is 0 Å². The summed E-state index contributed by atoms with van der Waals surface area (Å²) in [5.74, 6) is 0.426. The fourth-order valence-electron chi connectivity index (χ4n) is 1.70. The zero-order chi connectivity index (χ0) is 9.68. The minimum absolute atomic E-state index is 0.139. The van der Waals surface area contributed by atoms with Gasteiger partial charge in [0, 0.05) is 19.7 Å². The molecule has 1 aliphatic rings. The molecule has 13 heavy (non-hydrogen) atoms. The quantitative estimate of drug-likeness (QED) is 0.621. The first-order chi connectivity index (χ1) is 6.27. The van der Waals surface area contributed by atoms with Crippen molar-refractivity contribution >= 4 is 5.91 Å². The van der Waals surface area contributed by atoms with Crippen LogP contribution in [-0.2, 0) is 4.79 Å². The van der Waals surface area contributed by atoms with Crippen LogP contribution in [-0.4, -0.2) is 49.2 Å². The van der Waals surface area contributed by atoms with Crippen LogP contribution in [0.2, 0.25) is 0 Å². The Morgan fingerprint density at radius 3 is 3.08 bits per heavy atom. The minimum Gasteiger partial charge on any atom is -0.396 e. The number of carbonyl (C=O) groups is 1. The third kappa shape index (κ3) is 2.97. The molecule has 1 heterocycles. The standard InChI is InChI=1S/C9H18N2O2/c1-10-5-9(13)11-4-2-3-8(6-11)7-12/h8,10,12H,2-7H2,1H3. The van der Waals surface area contributed by atoms with Gasteiger partial charge in [0.15, 0.2) is 0 Å². The number of carbonyl (C=O) groups excluding carboxylic acids is 1. The number of aliphatic hydroxyl groups is 1. The molecule has 0 aromatic carbocycles. The van der Waals surface area contributed by atoms with Gasteiger partial charge in [-0.3, -0.25) is 4.79 Å². The Bertz CT molecular complexity index is 173. The van der Waals surface area contributed by atoms with Gasteiger partial charge in [-0.05, 0) is 25.8 Å². The summed E-state index contributed by atoms with van der Waals surface area (Å²) in [5.41, 5.74) is 0. The Balaban J connectivity index is 2.37. The third-order valence-corrected chi connectivity index (χ3v) is 2.46. The van der Waals surface area contributed by atoms with Gasteiger partial charge in [0.05, 0.1) is 6.54 Å². The molecular weight excluding hydrogens is 168 g/mol. The lowest BCUT2D eigenvalue weighted by Crippen LogP contribution is -2.44. The molecule has 1 amide bonds. The van der Waals surface area contributed by atoms with E-state index in [2.05, 4.69) is 5.32 Å². The summed E-state index contributed by atoms with van der Waals surface area (Å²) in [6.45, 7) is 2.16. The second kappa shape index (κ2) is 5.19. The van der Waals surface area contributed by atoms with E-state index < -0.39 is 0 Å². The first kappa shape index (κ1) is 10.5. The summed E-state index contributed by atoms with van der Waals surface area (Å²) in [4.78, 5) is 13.3. The molecule has 0 spiro atoms. The van der Waals surface area contributed by atoms with Crippen LogP contribution < -0.4 is 5.32 Å². The monoisotopic (exact) mass is 186 g/mol. The number of hydrogen-bond donors (Lipinski definition) is 2. The molecule has 1 fully saturated rings. The second-order valence-electron chi connectivity index (χ2n) is 3.56. The molecule has 0 saturated carbocycles. The summed E-state index contributed by atoms with van der Waals surface area (Å²) in [7, 11) is 1.77. The molecular formula is C9H18N2O2. The van der Waals surface area contributed by atoms with Crippen molar-refractivity contribution in [2.75, 3.05) is 33.3 Å². The number of piperidine rings is 1. The molecule has 1 atom stereocenters. The molecule has 4 nitrogen and oxygen atoms in total. The topological polar surface area (TPSA) is 52.6 Å². The number of nitrogens with one attached hydrogen (secondary N) is 1. The summed E-state index contributed by atoms with van der Waals surface area (Å²) in [6, 6.07) is 0. The first-order valence-corrected chi connectivity index (χ1v) is 4.81. The maximum atomic E-state index is 11.4. The van der Waals surface area contributed by atoms with Gasteiger partial charge in [-0.25, -0.2) is 0 Å². The van der Waals surface area contributed by atoms with Crippen molar-refractivity contribution in [3.63, 3.8) is 0 Å². The molecule has 0 aliphatic carbocycles. The smallest absolute Gasteiger partial charge is 0.236 e. The van der Waals surface area contributed by atoms with E-state index in [1.807, 2.05) is 4.90 Å². The van der Waals surface area contributed by atoms with Gasteiger partial charge in [0.25, 0.3) is 0 Å². The summed E-state index contributed by atoms with van der Waals surface area (Å²) in [6.07, 6.45) is 2.06. The lowest BCUT2D eigenvalue weighted by Gasteiger charge is -2.31. The predicted octanol–water partition coefficient (Wildman–Crippen LogP) is -0.563. The fraction of sp³-hybridized carbons (Fsp3) is 0.889. The first-order valence-electron chi connectivity index (χ1n) is 4.81. The zero-order valence-corrected chi connectivity index (χ0v) is 8.12. The number of aliphatic hydroxyl groups excluding tert-OH is 1. The molecule has 1 unspecified atom stereocenters. The number of rotatable bonds is 3. The third-order valence-electron chi connectivity index (χ3n) is 2.46. The Kier molecular flexibility index (Phi) is 4.18. The highest BCUT2D eigenvalue weighted by atomic mass is 16.3. The minimum atomic E-state index is 0.139. The zero-order valence-electron chi connectivity index (χ0n) is 8.12. The maximum absolute atomic E-state index is 11.4. The summed E-state index contributed by atoms with van der Waals surface area (Å²) in [5, 5.41) is 11.8. The highest BCUT2D eigenvalue weighted by Gasteiger charge is 2.22. The normalized spacial score (nSPS) is 23.2. The van der Waals surface area contributed by atoms with Crippen LogP contribution in [0.3, 0.4) is 0 Å². The van der Waals surface area contributed by atoms with E-state index in [-0.39, 0.29) is 18.4 Å². The number of likely N-dealkylation sites (N-methyl/N-ethyl adjacent to an activating group) is 1. The highest BCUT2D eigenvalue weighted by molar-refractivity contribution is 5.78. The van der Waals surface area contributed by atoms with Crippen molar-refractivity contribution < 1.29 is 9.90 Å². The SMILES string of the molecule is CNCC(=O)N1CCCC(CO)C1. The largest absolute Gasteiger partial charge is 0.396 e. The van der Waals surface area contributed by atoms with E-state index >= 15 is 0 Å². The number of amides is 1. The van der Waals surface area contributed by atoms with Crippen molar-refractivity contribution in [3.8, 4) is 0 Å². The van der Waals surface area contributed by atoms with Crippen molar-refractivity contribution in [2.24, 2.45) is 5.92 Å². The number of hydrogen-bond acceptors (Lipinski definition) is 3. The van der Waals surface area contributed by atoms with Crippen LogP contribution in [0, 0.1) is 5.92 Å². The summed E-state index contributed by atoms with van der Waals surface area (Å²) >= 11 is 0. The van der Waals surface area contributed by atoms with Crippen molar-refractivity contribution in [3.05, 3.63) is 0 Å². The maximum Gasteiger partial charge on any atom is 0.236 e. The van der Waals surface area contributed by atoms with Crippen molar-refractivity contribution in [1.82, 2.24) is 10.2 Å². The van der Waals surface area contributed by atoms with Gasteiger partial charge in [0.2, 0.25) is 5.91 Å². The van der Waals surface area contributed by atoms with E-state index in [4.69, 9.17) is 5.11 Å². The predicted molar refractivity (Wildman–Crippen MR) is 50.3 cm³/mol. The van der Waals surface area contributed by atoms with Gasteiger partial charge in [-0.2, -0.15) is 0 Å².